The number of nitrogens with zero attached hydrogens (tertiary/aromatic N) is 3. The molecule has 1 aromatic heterocycles. The molecule has 0 atom stereocenters. The average molecular weight is 314 g/mol. The zero-order chi connectivity index (χ0) is 13.3. The molecule has 0 radical (unpaired) electrons. The zero-order valence-electron chi connectivity index (χ0n) is 11.9. The molecule has 3 nitrogen and oxygen atoms in total. The van der Waals surface area contributed by atoms with Crippen LogP contribution in [0.15, 0.2) is 10.8 Å². The van der Waals surface area contributed by atoms with E-state index in [0.29, 0.717) is 18.0 Å². The van der Waals surface area contributed by atoms with Gasteiger partial charge in [-0.05, 0) is 69.6 Å². The Morgan fingerprint density at radius 1 is 1.17 bits per heavy atom. The molecule has 1 aliphatic heterocycles. The predicted molar refractivity (Wildman–Crippen MR) is 79.0 cm³/mol. The molecule has 0 spiro atoms. The van der Waals surface area contributed by atoms with Crippen LogP contribution in [0.5, 0.6) is 0 Å². The Labute approximate surface area is 119 Å². The van der Waals surface area contributed by atoms with Crippen LogP contribution in [0.4, 0.5) is 0 Å². The van der Waals surface area contributed by atoms with Gasteiger partial charge >= 0.3 is 0 Å². The van der Waals surface area contributed by atoms with Crippen molar-refractivity contribution in [3.63, 3.8) is 0 Å². The Balaban J connectivity index is 2.10. The Bertz CT molecular complexity index is 390. The largest absolute Gasteiger partial charge is 0.320 e. The second-order valence-corrected chi connectivity index (χ2v) is 6.62. The second-order valence-electron chi connectivity index (χ2n) is 5.81. The molecule has 1 fully saturated rings. The van der Waals surface area contributed by atoms with E-state index in [1.807, 2.05) is 6.20 Å². The smallest absolute Gasteiger partial charge is 0.112 e. The van der Waals surface area contributed by atoms with E-state index in [-0.39, 0.29) is 0 Å². The van der Waals surface area contributed by atoms with Crippen molar-refractivity contribution < 1.29 is 0 Å². The van der Waals surface area contributed by atoms with Gasteiger partial charge in [-0.1, -0.05) is 0 Å². The number of likely N-dealkylation sites (tertiary alicyclic amines) is 1. The molecule has 0 bridgehead atoms. The molecule has 2 heterocycles. The fourth-order valence-electron chi connectivity index (χ4n) is 2.84. The van der Waals surface area contributed by atoms with Gasteiger partial charge in [-0.15, -0.1) is 0 Å². The second kappa shape index (κ2) is 5.74. The molecule has 1 aliphatic rings. The summed E-state index contributed by atoms with van der Waals surface area (Å²) in [7, 11) is 0. The number of halogens is 1. The maximum Gasteiger partial charge on any atom is 0.112 e. The lowest BCUT2D eigenvalue weighted by Crippen LogP contribution is -2.38. The van der Waals surface area contributed by atoms with Gasteiger partial charge in [0.1, 0.15) is 10.4 Å². The van der Waals surface area contributed by atoms with Gasteiger partial charge in [-0.25, -0.2) is 4.98 Å². The number of aromatic nitrogens is 2. The molecule has 0 aliphatic carbocycles. The molecule has 0 saturated carbocycles. The normalized spacial score (nSPS) is 19.1. The maximum atomic E-state index is 4.63. The maximum absolute atomic E-state index is 4.63. The van der Waals surface area contributed by atoms with Gasteiger partial charge in [0.25, 0.3) is 0 Å². The third kappa shape index (κ3) is 2.80. The Kier molecular flexibility index (Phi) is 4.49. The third-order valence-electron chi connectivity index (χ3n) is 3.92. The van der Waals surface area contributed by atoms with E-state index < -0.39 is 0 Å². The van der Waals surface area contributed by atoms with Gasteiger partial charge in [0.2, 0.25) is 0 Å². The fraction of sp³-hybridized carbons (Fsp3) is 0.786. The first kappa shape index (κ1) is 14.1. The van der Waals surface area contributed by atoms with Crippen LogP contribution in [0.25, 0.3) is 0 Å². The van der Waals surface area contributed by atoms with Crippen LogP contribution < -0.4 is 0 Å². The van der Waals surface area contributed by atoms with E-state index in [1.54, 1.807) is 0 Å². The van der Waals surface area contributed by atoms with Crippen LogP contribution in [0.3, 0.4) is 0 Å². The average Bonchev–Trinajstić information content (AvgIpc) is 2.71. The molecule has 102 valence electrons. The first-order valence-corrected chi connectivity index (χ1v) is 7.76. The summed E-state index contributed by atoms with van der Waals surface area (Å²) in [4.78, 5) is 7.19. The highest BCUT2D eigenvalue weighted by molar-refractivity contribution is 9.10. The quantitative estimate of drug-likeness (QED) is 0.846. The number of piperidine rings is 1. The van der Waals surface area contributed by atoms with Crippen LogP contribution in [-0.2, 0) is 0 Å². The van der Waals surface area contributed by atoms with E-state index in [2.05, 4.69) is 58.1 Å². The monoisotopic (exact) mass is 313 g/mol. The van der Waals surface area contributed by atoms with Gasteiger partial charge < -0.3 is 9.47 Å². The molecule has 4 heteroatoms. The van der Waals surface area contributed by atoms with Gasteiger partial charge in [0, 0.05) is 18.0 Å². The minimum absolute atomic E-state index is 0.472. The lowest BCUT2D eigenvalue weighted by molar-refractivity contribution is 0.168. The molecule has 1 saturated heterocycles. The van der Waals surface area contributed by atoms with Crippen molar-refractivity contribution >= 4 is 15.9 Å². The SMILES string of the molecule is CC(C)N1CCC(c2ncc(Br)n2C(C)C)CC1. The summed E-state index contributed by atoms with van der Waals surface area (Å²) >= 11 is 3.61. The Hall–Kier alpha value is -0.350. The first-order chi connectivity index (χ1) is 8.50. The zero-order valence-corrected chi connectivity index (χ0v) is 13.4. The third-order valence-corrected chi connectivity index (χ3v) is 4.51. The minimum atomic E-state index is 0.472. The minimum Gasteiger partial charge on any atom is -0.320 e. The summed E-state index contributed by atoms with van der Waals surface area (Å²) in [5, 5.41) is 0. The van der Waals surface area contributed by atoms with Crippen LogP contribution in [0, 0.1) is 0 Å². The highest BCUT2D eigenvalue weighted by Crippen LogP contribution is 2.31. The predicted octanol–water partition coefficient (Wildman–Crippen LogP) is 3.81. The van der Waals surface area contributed by atoms with Crippen LogP contribution >= 0.6 is 15.9 Å². The topological polar surface area (TPSA) is 21.1 Å². The van der Waals surface area contributed by atoms with Gasteiger partial charge in [0.15, 0.2) is 0 Å². The molecule has 18 heavy (non-hydrogen) atoms. The van der Waals surface area contributed by atoms with Crippen molar-refractivity contribution in [1.29, 1.82) is 0 Å². The lowest BCUT2D eigenvalue weighted by Gasteiger charge is -2.34. The van der Waals surface area contributed by atoms with Crippen molar-refractivity contribution in [3.05, 3.63) is 16.6 Å². The summed E-state index contributed by atoms with van der Waals surface area (Å²) < 4.78 is 3.44. The summed E-state index contributed by atoms with van der Waals surface area (Å²) in [6, 6.07) is 1.14. The number of imidazole rings is 1. The Morgan fingerprint density at radius 3 is 2.28 bits per heavy atom. The van der Waals surface area contributed by atoms with Crippen molar-refractivity contribution in [3.8, 4) is 0 Å². The van der Waals surface area contributed by atoms with Gasteiger partial charge in [-0.2, -0.15) is 0 Å². The van der Waals surface area contributed by atoms with E-state index in [1.165, 1.54) is 31.8 Å². The number of hydrogen-bond donors (Lipinski definition) is 0. The van der Waals surface area contributed by atoms with E-state index in [9.17, 15) is 0 Å². The molecular weight excluding hydrogens is 290 g/mol. The number of hydrogen-bond acceptors (Lipinski definition) is 2. The van der Waals surface area contributed by atoms with Crippen molar-refractivity contribution in [1.82, 2.24) is 14.5 Å². The summed E-state index contributed by atoms with van der Waals surface area (Å²) in [5.74, 6) is 1.88. The van der Waals surface area contributed by atoms with Crippen molar-refractivity contribution in [2.75, 3.05) is 13.1 Å². The van der Waals surface area contributed by atoms with Gasteiger partial charge in [0.05, 0.1) is 6.20 Å². The van der Waals surface area contributed by atoms with E-state index in [0.717, 1.165) is 4.60 Å². The molecule has 0 amide bonds. The molecule has 2 rings (SSSR count). The molecular formula is C14H24BrN3. The van der Waals surface area contributed by atoms with Crippen LogP contribution in [0.2, 0.25) is 0 Å². The summed E-state index contributed by atoms with van der Waals surface area (Å²) in [6.07, 6.45) is 4.41. The van der Waals surface area contributed by atoms with Gasteiger partial charge in [-0.3, -0.25) is 0 Å². The highest BCUT2D eigenvalue weighted by Gasteiger charge is 2.26. The molecule has 0 N–H and O–H groups in total. The fourth-order valence-corrected chi connectivity index (χ4v) is 3.53. The number of rotatable bonds is 3. The van der Waals surface area contributed by atoms with Crippen molar-refractivity contribution in [2.24, 2.45) is 0 Å². The highest BCUT2D eigenvalue weighted by atomic mass is 79.9. The molecule has 1 aromatic rings. The van der Waals surface area contributed by atoms with E-state index >= 15 is 0 Å². The van der Waals surface area contributed by atoms with Crippen molar-refractivity contribution in [2.45, 2.75) is 58.5 Å². The summed E-state index contributed by atoms with van der Waals surface area (Å²) in [6.45, 7) is 11.4. The Morgan fingerprint density at radius 2 is 1.78 bits per heavy atom. The summed E-state index contributed by atoms with van der Waals surface area (Å²) in [5.41, 5.74) is 0. The first-order valence-electron chi connectivity index (χ1n) is 6.97. The van der Waals surface area contributed by atoms with Crippen LogP contribution in [-0.4, -0.2) is 33.6 Å². The van der Waals surface area contributed by atoms with Crippen LogP contribution in [0.1, 0.15) is 58.3 Å². The lowest BCUT2D eigenvalue weighted by atomic mass is 9.95. The van der Waals surface area contributed by atoms with E-state index in [4.69, 9.17) is 0 Å². The molecule has 0 aromatic carbocycles. The standard InChI is InChI=1S/C14H24BrN3/c1-10(2)17-7-5-12(6-8-17)14-16-9-13(15)18(14)11(3)4/h9-12H,5-8H2,1-4H3. The molecule has 0 unspecified atom stereocenters.